The van der Waals surface area contributed by atoms with Crippen molar-refractivity contribution in [3.63, 3.8) is 0 Å². The van der Waals surface area contributed by atoms with Crippen molar-refractivity contribution in [2.24, 2.45) is 0 Å². The Morgan fingerprint density at radius 2 is 2.12 bits per heavy atom. The Labute approximate surface area is 160 Å². The van der Waals surface area contributed by atoms with Crippen molar-refractivity contribution in [2.75, 3.05) is 0 Å². The molecule has 0 aliphatic carbocycles. The Bertz CT molecular complexity index is 929. The third-order valence-electron chi connectivity index (χ3n) is 3.48. The molecule has 2 aromatic heterocycles. The molecule has 1 N–H and O–H groups in total. The van der Waals surface area contributed by atoms with Crippen LogP contribution in [0, 0.1) is 5.82 Å². The molecule has 0 aliphatic heterocycles. The molecule has 3 aromatic rings. The highest BCUT2D eigenvalue weighted by molar-refractivity contribution is 9.10. The minimum atomic E-state index is -0.729. The van der Waals surface area contributed by atoms with Crippen LogP contribution in [0.3, 0.4) is 0 Å². The summed E-state index contributed by atoms with van der Waals surface area (Å²) >= 11 is 6.62. The molecule has 1 aromatic carbocycles. The van der Waals surface area contributed by atoms with Crippen molar-refractivity contribution >= 4 is 43.4 Å². The highest BCUT2D eigenvalue weighted by Crippen LogP contribution is 2.26. The summed E-state index contributed by atoms with van der Waals surface area (Å²) in [7, 11) is 0. The van der Waals surface area contributed by atoms with Gasteiger partial charge in [0.25, 0.3) is 5.91 Å². The van der Waals surface area contributed by atoms with Crippen LogP contribution in [0.15, 0.2) is 51.7 Å². The van der Waals surface area contributed by atoms with E-state index in [4.69, 9.17) is 4.74 Å². The number of amides is 1. The molecule has 0 spiro atoms. The molecular weight excluding hydrogens is 457 g/mol. The number of aromatic nitrogens is 2. The fourth-order valence-corrected chi connectivity index (χ4v) is 3.04. The Hall–Kier alpha value is -1.93. The van der Waals surface area contributed by atoms with Crippen LogP contribution >= 0.6 is 31.9 Å². The molecule has 0 saturated heterocycles. The molecule has 5 nitrogen and oxygen atoms in total. The number of hydrogen-bond donors (Lipinski definition) is 1. The third kappa shape index (κ3) is 4.38. The molecule has 1 unspecified atom stereocenters. The largest absolute Gasteiger partial charge is 0.480 e. The molecule has 3 rings (SSSR count). The maximum atomic E-state index is 13.1. The molecule has 0 aliphatic rings. The van der Waals surface area contributed by atoms with Gasteiger partial charge in [0.1, 0.15) is 17.2 Å². The van der Waals surface area contributed by atoms with Gasteiger partial charge in [0.2, 0.25) is 0 Å². The lowest BCUT2D eigenvalue weighted by molar-refractivity contribution is -0.127. The van der Waals surface area contributed by atoms with E-state index in [0.29, 0.717) is 10.2 Å². The number of ether oxygens (including phenoxy) is 1. The van der Waals surface area contributed by atoms with E-state index in [1.54, 1.807) is 6.92 Å². The number of nitrogens with one attached hydrogen (secondary N) is 1. The highest BCUT2D eigenvalue weighted by Gasteiger charge is 2.16. The number of nitrogens with zero attached hydrogens (tertiary/aromatic N) is 2. The summed E-state index contributed by atoms with van der Waals surface area (Å²) in [5.41, 5.74) is 1.54. The fraction of sp³-hybridized carbons (Fsp3) is 0.176. The van der Waals surface area contributed by atoms with Crippen molar-refractivity contribution in [1.29, 1.82) is 0 Å². The molecule has 0 radical (unpaired) electrons. The highest BCUT2D eigenvalue weighted by atomic mass is 79.9. The summed E-state index contributed by atoms with van der Waals surface area (Å²) in [4.78, 5) is 16.6. The molecule has 25 heavy (non-hydrogen) atoms. The average molecular weight is 471 g/mol. The Morgan fingerprint density at radius 1 is 1.32 bits per heavy atom. The van der Waals surface area contributed by atoms with Crippen LogP contribution in [-0.2, 0) is 11.3 Å². The van der Waals surface area contributed by atoms with Crippen LogP contribution in [0.4, 0.5) is 4.39 Å². The number of benzene rings is 1. The molecule has 1 atom stereocenters. The Balaban J connectivity index is 1.60. The van der Waals surface area contributed by atoms with Gasteiger partial charge in [-0.05, 0) is 69.1 Å². The van der Waals surface area contributed by atoms with Crippen LogP contribution in [0.25, 0.3) is 5.65 Å². The van der Waals surface area contributed by atoms with E-state index in [1.165, 1.54) is 18.2 Å². The van der Waals surface area contributed by atoms with Crippen LogP contribution in [0.1, 0.15) is 12.6 Å². The summed E-state index contributed by atoms with van der Waals surface area (Å²) in [5.74, 6) is -0.258. The molecule has 0 bridgehead atoms. The van der Waals surface area contributed by atoms with E-state index in [1.807, 2.05) is 28.9 Å². The first kappa shape index (κ1) is 17.9. The summed E-state index contributed by atoms with van der Waals surface area (Å²) in [6.45, 7) is 1.92. The zero-order chi connectivity index (χ0) is 18.0. The maximum absolute atomic E-state index is 13.1. The predicted octanol–water partition coefficient (Wildman–Crippen LogP) is 4.08. The summed E-state index contributed by atoms with van der Waals surface area (Å²) in [5, 5.41) is 2.78. The zero-order valence-electron chi connectivity index (χ0n) is 13.2. The monoisotopic (exact) mass is 469 g/mol. The first-order valence-electron chi connectivity index (χ1n) is 7.45. The number of carbonyl (C=O) groups excluding carboxylic acids is 1. The summed E-state index contributed by atoms with van der Waals surface area (Å²) < 4.78 is 21.9. The first-order chi connectivity index (χ1) is 11.9. The number of carbonyl (C=O) groups is 1. The molecular formula is C17H14Br2FN3O2. The number of imidazole rings is 1. The van der Waals surface area contributed by atoms with Gasteiger partial charge in [-0.2, -0.15) is 0 Å². The van der Waals surface area contributed by atoms with E-state index < -0.39 is 6.10 Å². The van der Waals surface area contributed by atoms with Crippen LogP contribution in [0.5, 0.6) is 5.75 Å². The van der Waals surface area contributed by atoms with Crippen molar-refractivity contribution in [3.8, 4) is 5.75 Å². The van der Waals surface area contributed by atoms with Gasteiger partial charge >= 0.3 is 0 Å². The van der Waals surface area contributed by atoms with Crippen molar-refractivity contribution in [1.82, 2.24) is 14.7 Å². The van der Waals surface area contributed by atoms with Crippen molar-refractivity contribution < 1.29 is 13.9 Å². The van der Waals surface area contributed by atoms with E-state index in [0.717, 1.165) is 15.8 Å². The van der Waals surface area contributed by atoms with Gasteiger partial charge in [-0.1, -0.05) is 0 Å². The minimum absolute atomic E-state index is 0.283. The molecule has 1 amide bonds. The van der Waals surface area contributed by atoms with Crippen molar-refractivity contribution in [2.45, 2.75) is 19.6 Å². The van der Waals surface area contributed by atoms with Crippen LogP contribution in [0.2, 0.25) is 0 Å². The SMILES string of the molecule is CC(Oc1ccc(F)cc1Br)C(=O)NCc1cn2cc(Br)ccc2n1. The number of hydrogen-bond acceptors (Lipinski definition) is 3. The van der Waals surface area contributed by atoms with Gasteiger partial charge in [-0.15, -0.1) is 0 Å². The second-order valence-corrected chi connectivity index (χ2v) is 7.17. The zero-order valence-corrected chi connectivity index (χ0v) is 16.3. The molecule has 130 valence electrons. The predicted molar refractivity (Wildman–Crippen MR) is 98.9 cm³/mol. The van der Waals surface area contributed by atoms with E-state index in [9.17, 15) is 9.18 Å². The topological polar surface area (TPSA) is 55.6 Å². The Kier molecular flexibility index (Phi) is 5.39. The molecule has 8 heteroatoms. The van der Waals surface area contributed by atoms with Gasteiger partial charge in [-0.3, -0.25) is 4.79 Å². The average Bonchev–Trinajstić information content (AvgIpc) is 2.97. The number of pyridine rings is 1. The van der Waals surface area contributed by atoms with E-state index in [2.05, 4.69) is 42.2 Å². The second kappa shape index (κ2) is 7.53. The van der Waals surface area contributed by atoms with Crippen LogP contribution < -0.4 is 10.1 Å². The van der Waals surface area contributed by atoms with Gasteiger partial charge in [-0.25, -0.2) is 9.37 Å². The number of fused-ring (bicyclic) bond motifs is 1. The summed E-state index contributed by atoms with van der Waals surface area (Å²) in [6, 6.07) is 7.83. The number of rotatable bonds is 5. The smallest absolute Gasteiger partial charge is 0.261 e. The number of halogens is 3. The molecule has 2 heterocycles. The van der Waals surface area contributed by atoms with Crippen LogP contribution in [-0.4, -0.2) is 21.4 Å². The third-order valence-corrected chi connectivity index (χ3v) is 4.56. The quantitative estimate of drug-likeness (QED) is 0.611. The lowest BCUT2D eigenvalue weighted by Gasteiger charge is -2.15. The van der Waals surface area contributed by atoms with Gasteiger partial charge in [0.05, 0.1) is 16.7 Å². The fourth-order valence-electron chi connectivity index (χ4n) is 2.24. The van der Waals surface area contributed by atoms with Crippen molar-refractivity contribution in [3.05, 3.63) is 63.2 Å². The molecule has 0 fully saturated rings. The van der Waals surface area contributed by atoms with Gasteiger partial charge in [0.15, 0.2) is 6.10 Å². The lowest BCUT2D eigenvalue weighted by atomic mass is 10.3. The normalized spacial score (nSPS) is 12.2. The standard InChI is InChI=1S/C17H14Br2FN3O2/c1-10(25-15-4-3-12(20)6-14(15)19)17(24)21-7-13-9-23-8-11(18)2-5-16(23)22-13/h2-6,8-10H,7H2,1H3,(H,21,24). The molecule has 0 saturated carbocycles. The van der Waals surface area contributed by atoms with Gasteiger partial charge in [0, 0.05) is 16.9 Å². The van der Waals surface area contributed by atoms with E-state index >= 15 is 0 Å². The first-order valence-corrected chi connectivity index (χ1v) is 9.03. The van der Waals surface area contributed by atoms with Gasteiger partial charge < -0.3 is 14.5 Å². The Morgan fingerprint density at radius 3 is 2.88 bits per heavy atom. The maximum Gasteiger partial charge on any atom is 0.261 e. The minimum Gasteiger partial charge on any atom is -0.480 e. The second-order valence-electron chi connectivity index (χ2n) is 5.40. The lowest BCUT2D eigenvalue weighted by Crippen LogP contribution is -2.36. The summed E-state index contributed by atoms with van der Waals surface area (Å²) in [6.07, 6.45) is 3.02. The van der Waals surface area contributed by atoms with E-state index in [-0.39, 0.29) is 18.3 Å².